The highest BCUT2D eigenvalue weighted by atomic mass is 32.2. The van der Waals surface area contributed by atoms with E-state index in [0.717, 1.165) is 0 Å². The first kappa shape index (κ1) is 16.5. The van der Waals surface area contributed by atoms with Crippen LogP contribution in [0.3, 0.4) is 0 Å². The number of thioether (sulfide) groups is 1. The van der Waals surface area contributed by atoms with Crippen LogP contribution in [0.1, 0.15) is 36.1 Å². The van der Waals surface area contributed by atoms with Gasteiger partial charge in [0, 0.05) is 18.6 Å². The minimum Gasteiger partial charge on any atom is -0.329 e. The third-order valence-electron chi connectivity index (χ3n) is 4.07. The summed E-state index contributed by atoms with van der Waals surface area (Å²) in [5, 5.41) is 0. The zero-order valence-electron chi connectivity index (χ0n) is 12.9. The first-order valence-corrected chi connectivity index (χ1v) is 8.38. The van der Waals surface area contributed by atoms with Crippen molar-refractivity contribution in [3.05, 3.63) is 34.9 Å². The molecule has 0 amide bonds. The van der Waals surface area contributed by atoms with E-state index in [9.17, 15) is 0 Å². The second-order valence-corrected chi connectivity index (χ2v) is 6.38. The van der Waals surface area contributed by atoms with Crippen LogP contribution >= 0.6 is 11.8 Å². The molecule has 1 rings (SSSR count). The lowest BCUT2D eigenvalue weighted by Crippen LogP contribution is -2.37. The van der Waals surface area contributed by atoms with E-state index in [1.165, 1.54) is 28.9 Å². The zero-order chi connectivity index (χ0) is 14.4. The van der Waals surface area contributed by atoms with Gasteiger partial charge in [0.1, 0.15) is 0 Å². The van der Waals surface area contributed by atoms with Crippen LogP contribution in [0.4, 0.5) is 0 Å². The SMILES string of the molecule is CSCCC(C)N(C)C(CN)c1ccc(C)c(C)c1. The molecular formula is C16H28N2S. The molecule has 0 aromatic heterocycles. The van der Waals surface area contributed by atoms with Crippen LogP contribution in [0.2, 0.25) is 0 Å². The van der Waals surface area contributed by atoms with Gasteiger partial charge in [-0.3, -0.25) is 4.90 Å². The molecule has 0 aliphatic heterocycles. The molecule has 0 fully saturated rings. The van der Waals surface area contributed by atoms with Crippen LogP contribution in [-0.4, -0.2) is 36.5 Å². The van der Waals surface area contributed by atoms with Crippen LogP contribution in [0.15, 0.2) is 18.2 Å². The Hall–Kier alpha value is -0.510. The van der Waals surface area contributed by atoms with Gasteiger partial charge in [0.15, 0.2) is 0 Å². The minimum absolute atomic E-state index is 0.316. The third-order valence-corrected chi connectivity index (χ3v) is 4.71. The van der Waals surface area contributed by atoms with E-state index in [1.54, 1.807) is 0 Å². The normalized spacial score (nSPS) is 14.7. The maximum Gasteiger partial charge on any atom is 0.0470 e. The molecule has 0 aliphatic carbocycles. The van der Waals surface area contributed by atoms with E-state index in [0.29, 0.717) is 18.6 Å². The molecule has 0 radical (unpaired) electrons. The topological polar surface area (TPSA) is 29.3 Å². The van der Waals surface area contributed by atoms with Gasteiger partial charge in [-0.15, -0.1) is 0 Å². The van der Waals surface area contributed by atoms with Gasteiger partial charge in [0.05, 0.1) is 0 Å². The number of hydrogen-bond donors (Lipinski definition) is 1. The van der Waals surface area contributed by atoms with Gasteiger partial charge in [-0.1, -0.05) is 18.2 Å². The number of likely N-dealkylation sites (N-methyl/N-ethyl adjacent to an activating group) is 1. The summed E-state index contributed by atoms with van der Waals surface area (Å²) >= 11 is 1.91. The summed E-state index contributed by atoms with van der Waals surface area (Å²) < 4.78 is 0. The van der Waals surface area contributed by atoms with Gasteiger partial charge in [0.25, 0.3) is 0 Å². The third kappa shape index (κ3) is 4.51. The molecule has 0 aliphatic rings. The highest BCUT2D eigenvalue weighted by molar-refractivity contribution is 7.98. The molecular weight excluding hydrogens is 252 g/mol. The lowest BCUT2D eigenvalue weighted by atomic mass is 9.99. The fraction of sp³-hybridized carbons (Fsp3) is 0.625. The van der Waals surface area contributed by atoms with Crippen LogP contribution in [0, 0.1) is 13.8 Å². The van der Waals surface area contributed by atoms with Crippen molar-refractivity contribution < 1.29 is 0 Å². The van der Waals surface area contributed by atoms with E-state index < -0.39 is 0 Å². The summed E-state index contributed by atoms with van der Waals surface area (Å²) in [5.41, 5.74) is 10.0. The van der Waals surface area contributed by atoms with Crippen molar-refractivity contribution in [2.24, 2.45) is 5.73 Å². The van der Waals surface area contributed by atoms with E-state index in [2.05, 4.69) is 57.2 Å². The molecule has 1 aromatic rings. The highest BCUT2D eigenvalue weighted by Gasteiger charge is 2.20. The molecule has 0 saturated heterocycles. The van der Waals surface area contributed by atoms with Gasteiger partial charge in [-0.25, -0.2) is 0 Å². The van der Waals surface area contributed by atoms with Crippen molar-refractivity contribution in [3.63, 3.8) is 0 Å². The van der Waals surface area contributed by atoms with Crippen LogP contribution in [0.25, 0.3) is 0 Å². The Kier molecular flexibility index (Phi) is 6.90. The summed E-state index contributed by atoms with van der Waals surface area (Å²) in [5.74, 6) is 1.20. The van der Waals surface area contributed by atoms with Gasteiger partial charge in [-0.2, -0.15) is 11.8 Å². The van der Waals surface area contributed by atoms with E-state index in [-0.39, 0.29) is 0 Å². The summed E-state index contributed by atoms with van der Waals surface area (Å²) in [6.07, 6.45) is 3.37. The Morgan fingerprint density at radius 1 is 1.26 bits per heavy atom. The van der Waals surface area contributed by atoms with Crippen LogP contribution in [0.5, 0.6) is 0 Å². The zero-order valence-corrected chi connectivity index (χ0v) is 13.8. The average Bonchev–Trinajstić information content (AvgIpc) is 2.40. The summed E-state index contributed by atoms with van der Waals surface area (Å²) in [6, 6.07) is 7.58. The Balaban J connectivity index is 2.83. The van der Waals surface area contributed by atoms with Crippen molar-refractivity contribution in [1.82, 2.24) is 4.90 Å². The fourth-order valence-corrected chi connectivity index (χ4v) is 2.89. The average molecular weight is 280 g/mol. The Morgan fingerprint density at radius 2 is 1.95 bits per heavy atom. The maximum absolute atomic E-state index is 6.01. The largest absolute Gasteiger partial charge is 0.329 e. The molecule has 0 spiro atoms. The molecule has 2 nitrogen and oxygen atoms in total. The van der Waals surface area contributed by atoms with Crippen molar-refractivity contribution in [1.29, 1.82) is 0 Å². The number of aryl methyl sites for hydroxylation is 2. The predicted molar refractivity (Wildman–Crippen MR) is 87.9 cm³/mol. The van der Waals surface area contributed by atoms with Crippen LogP contribution in [-0.2, 0) is 0 Å². The molecule has 0 heterocycles. The van der Waals surface area contributed by atoms with Gasteiger partial charge in [-0.05, 0) is 62.9 Å². The summed E-state index contributed by atoms with van der Waals surface area (Å²) in [6.45, 7) is 7.29. The monoisotopic (exact) mass is 280 g/mol. The van der Waals surface area contributed by atoms with Gasteiger partial charge < -0.3 is 5.73 Å². The van der Waals surface area contributed by atoms with Gasteiger partial charge in [0.2, 0.25) is 0 Å². The Labute approximate surface area is 122 Å². The van der Waals surface area contributed by atoms with Crippen molar-refractivity contribution in [2.75, 3.05) is 25.6 Å². The summed E-state index contributed by atoms with van der Waals surface area (Å²) in [7, 11) is 2.19. The summed E-state index contributed by atoms with van der Waals surface area (Å²) in [4.78, 5) is 2.42. The molecule has 108 valence electrons. The molecule has 2 unspecified atom stereocenters. The lowest BCUT2D eigenvalue weighted by molar-refractivity contribution is 0.185. The second kappa shape index (κ2) is 7.93. The van der Waals surface area contributed by atoms with Crippen molar-refractivity contribution >= 4 is 11.8 Å². The predicted octanol–water partition coefficient (Wildman–Crippen LogP) is 3.38. The maximum atomic E-state index is 6.01. The van der Waals surface area contributed by atoms with E-state index in [4.69, 9.17) is 5.73 Å². The van der Waals surface area contributed by atoms with Gasteiger partial charge >= 0.3 is 0 Å². The molecule has 0 saturated carbocycles. The molecule has 1 aromatic carbocycles. The van der Waals surface area contributed by atoms with Crippen LogP contribution < -0.4 is 5.73 Å². The quantitative estimate of drug-likeness (QED) is 0.830. The lowest BCUT2D eigenvalue weighted by Gasteiger charge is -2.33. The molecule has 2 atom stereocenters. The molecule has 0 bridgehead atoms. The first-order chi connectivity index (χ1) is 9.01. The number of nitrogens with zero attached hydrogens (tertiary/aromatic N) is 1. The second-order valence-electron chi connectivity index (χ2n) is 5.39. The minimum atomic E-state index is 0.316. The molecule has 19 heavy (non-hydrogen) atoms. The first-order valence-electron chi connectivity index (χ1n) is 6.99. The number of hydrogen-bond acceptors (Lipinski definition) is 3. The highest BCUT2D eigenvalue weighted by Crippen LogP contribution is 2.24. The standard InChI is InChI=1S/C16H28N2S/c1-12-6-7-15(10-13(12)2)16(11-17)18(4)14(3)8-9-19-5/h6-7,10,14,16H,8-9,11,17H2,1-5H3. The number of benzene rings is 1. The Bertz CT molecular complexity index is 392. The van der Waals surface area contributed by atoms with Crippen molar-refractivity contribution in [3.8, 4) is 0 Å². The number of nitrogens with two attached hydrogens (primary N) is 1. The number of rotatable bonds is 7. The van der Waals surface area contributed by atoms with E-state index in [1.807, 2.05) is 11.8 Å². The fourth-order valence-electron chi connectivity index (χ4n) is 2.31. The smallest absolute Gasteiger partial charge is 0.0470 e. The van der Waals surface area contributed by atoms with E-state index >= 15 is 0 Å². The van der Waals surface area contributed by atoms with Crippen molar-refractivity contribution in [2.45, 2.75) is 39.3 Å². The Morgan fingerprint density at radius 3 is 2.47 bits per heavy atom. The molecule has 3 heteroatoms. The molecule has 2 N–H and O–H groups in total.